The number of nitrogens with zero attached hydrogens (tertiary/aromatic N) is 1. The van der Waals surface area contributed by atoms with Crippen molar-refractivity contribution in [2.45, 2.75) is 45.7 Å². The Balaban J connectivity index is 3.08. The van der Waals surface area contributed by atoms with Crippen LogP contribution in [0.25, 0.3) is 0 Å². The summed E-state index contributed by atoms with van der Waals surface area (Å²) >= 11 is 0. The lowest BCUT2D eigenvalue weighted by Crippen LogP contribution is -2.30. The van der Waals surface area contributed by atoms with Crippen molar-refractivity contribution in [2.75, 3.05) is 11.9 Å². The third-order valence-electron chi connectivity index (χ3n) is 3.24. The second kappa shape index (κ2) is 6.14. The van der Waals surface area contributed by atoms with Gasteiger partial charge in [0.05, 0.1) is 0 Å². The van der Waals surface area contributed by atoms with Crippen LogP contribution >= 0.6 is 0 Å². The fraction of sp³-hybridized carbons (Fsp3) is 0.571. The van der Waals surface area contributed by atoms with Crippen molar-refractivity contribution in [3.8, 4) is 0 Å². The van der Waals surface area contributed by atoms with E-state index in [1.165, 1.54) is 12.1 Å². The van der Waals surface area contributed by atoms with Gasteiger partial charge in [-0.25, -0.2) is 8.78 Å². The van der Waals surface area contributed by atoms with E-state index in [0.29, 0.717) is 12.0 Å². The summed E-state index contributed by atoms with van der Waals surface area (Å²) in [5.74, 6) is -1.04. The van der Waals surface area contributed by atoms with Gasteiger partial charge in [0.15, 0.2) is 0 Å². The summed E-state index contributed by atoms with van der Waals surface area (Å²) in [7, 11) is 1.71. The molecule has 1 aromatic carbocycles. The van der Waals surface area contributed by atoms with Gasteiger partial charge in [0.25, 0.3) is 0 Å². The molecule has 0 spiro atoms. The van der Waals surface area contributed by atoms with Crippen molar-refractivity contribution in [3.05, 3.63) is 29.3 Å². The normalized spacial score (nSPS) is 14.4. The zero-order valence-corrected chi connectivity index (χ0v) is 11.5. The highest BCUT2D eigenvalue weighted by Crippen LogP contribution is 2.26. The molecule has 0 aliphatic rings. The van der Waals surface area contributed by atoms with E-state index in [1.54, 1.807) is 11.9 Å². The predicted molar refractivity (Wildman–Crippen MR) is 71.9 cm³/mol. The molecule has 0 bridgehead atoms. The largest absolute Gasteiger partial charge is 0.367 e. The van der Waals surface area contributed by atoms with Crippen molar-refractivity contribution < 1.29 is 8.78 Å². The third-order valence-corrected chi connectivity index (χ3v) is 3.24. The highest BCUT2D eigenvalue weighted by Gasteiger charge is 2.18. The predicted octanol–water partition coefficient (Wildman–Crippen LogP) is 3.09. The summed E-state index contributed by atoms with van der Waals surface area (Å²) < 4.78 is 28.0. The van der Waals surface area contributed by atoms with Crippen LogP contribution in [0.1, 0.15) is 32.8 Å². The standard InChI is InChI=1S/C14H22F2N2/c1-5-10(3)18(4)14-12(15)7-11(6-9(2)17)8-13(14)16/h7-10H,5-6,17H2,1-4H3. The van der Waals surface area contributed by atoms with E-state index in [2.05, 4.69) is 0 Å². The summed E-state index contributed by atoms with van der Waals surface area (Å²) in [6.07, 6.45) is 1.30. The Morgan fingerprint density at radius 3 is 2.11 bits per heavy atom. The van der Waals surface area contributed by atoms with Crippen LogP contribution in [-0.2, 0) is 6.42 Å². The van der Waals surface area contributed by atoms with Gasteiger partial charge in [0.1, 0.15) is 17.3 Å². The minimum atomic E-state index is -0.520. The molecule has 0 fully saturated rings. The molecule has 2 N–H and O–H groups in total. The Bertz CT molecular complexity index is 382. The maximum absolute atomic E-state index is 14.0. The Morgan fingerprint density at radius 1 is 1.22 bits per heavy atom. The van der Waals surface area contributed by atoms with Crippen LogP contribution in [0.15, 0.2) is 12.1 Å². The summed E-state index contributed by atoms with van der Waals surface area (Å²) in [6.45, 7) is 5.74. The molecule has 18 heavy (non-hydrogen) atoms. The van der Waals surface area contributed by atoms with Gasteiger partial charge in [-0.1, -0.05) is 6.92 Å². The molecule has 0 saturated carbocycles. The lowest BCUT2D eigenvalue weighted by atomic mass is 10.1. The van der Waals surface area contributed by atoms with Crippen LogP contribution in [0.3, 0.4) is 0 Å². The first kappa shape index (κ1) is 14.9. The summed E-state index contributed by atoms with van der Waals surface area (Å²) in [4.78, 5) is 1.64. The van der Waals surface area contributed by atoms with Gasteiger partial charge >= 0.3 is 0 Å². The smallest absolute Gasteiger partial charge is 0.149 e. The minimum Gasteiger partial charge on any atom is -0.367 e. The number of nitrogens with two attached hydrogens (primary N) is 1. The molecular formula is C14H22F2N2. The van der Waals surface area contributed by atoms with Crippen molar-refractivity contribution in [1.82, 2.24) is 0 Å². The van der Waals surface area contributed by atoms with E-state index in [4.69, 9.17) is 5.73 Å². The lowest BCUT2D eigenvalue weighted by Gasteiger charge is -2.27. The van der Waals surface area contributed by atoms with Crippen LogP contribution in [0.4, 0.5) is 14.5 Å². The average Bonchev–Trinajstić information content (AvgIpc) is 2.25. The molecule has 0 saturated heterocycles. The first-order valence-corrected chi connectivity index (χ1v) is 6.33. The summed E-state index contributed by atoms with van der Waals surface area (Å²) in [6, 6.07) is 2.73. The van der Waals surface area contributed by atoms with Crippen LogP contribution < -0.4 is 10.6 Å². The van der Waals surface area contributed by atoms with Crippen molar-refractivity contribution in [1.29, 1.82) is 0 Å². The summed E-state index contributed by atoms with van der Waals surface area (Å²) in [5.41, 5.74) is 6.27. The van der Waals surface area contributed by atoms with E-state index in [1.807, 2.05) is 20.8 Å². The monoisotopic (exact) mass is 256 g/mol. The highest BCUT2D eigenvalue weighted by molar-refractivity contribution is 5.51. The second-order valence-electron chi connectivity index (χ2n) is 4.96. The molecule has 0 radical (unpaired) electrons. The number of halogens is 2. The molecule has 2 nitrogen and oxygen atoms in total. The lowest BCUT2D eigenvalue weighted by molar-refractivity contribution is 0.553. The molecule has 102 valence electrons. The number of anilines is 1. The minimum absolute atomic E-state index is 0.0396. The molecule has 2 unspecified atom stereocenters. The van der Waals surface area contributed by atoms with E-state index >= 15 is 0 Å². The van der Waals surface area contributed by atoms with Gasteiger partial charge in [-0.05, 0) is 44.4 Å². The van der Waals surface area contributed by atoms with Crippen LogP contribution in [0.2, 0.25) is 0 Å². The van der Waals surface area contributed by atoms with E-state index in [0.717, 1.165) is 6.42 Å². The molecule has 0 aromatic heterocycles. The topological polar surface area (TPSA) is 29.3 Å². The van der Waals surface area contributed by atoms with Crippen molar-refractivity contribution in [2.24, 2.45) is 5.73 Å². The van der Waals surface area contributed by atoms with E-state index < -0.39 is 11.6 Å². The molecule has 0 aliphatic carbocycles. The Labute approximate surface area is 108 Å². The van der Waals surface area contributed by atoms with Gasteiger partial charge < -0.3 is 10.6 Å². The van der Waals surface area contributed by atoms with Gasteiger partial charge in [0.2, 0.25) is 0 Å². The van der Waals surface area contributed by atoms with Gasteiger partial charge in [-0.2, -0.15) is 0 Å². The summed E-state index contributed by atoms with van der Waals surface area (Å²) in [5, 5.41) is 0. The molecule has 0 heterocycles. The number of hydrogen-bond acceptors (Lipinski definition) is 2. The number of hydrogen-bond donors (Lipinski definition) is 1. The third kappa shape index (κ3) is 3.42. The van der Waals surface area contributed by atoms with E-state index in [9.17, 15) is 8.78 Å². The van der Waals surface area contributed by atoms with Gasteiger partial charge in [-0.15, -0.1) is 0 Å². The first-order chi connectivity index (χ1) is 8.36. The van der Waals surface area contributed by atoms with Gasteiger partial charge in [0, 0.05) is 19.1 Å². The molecule has 0 aliphatic heterocycles. The highest BCUT2D eigenvalue weighted by atomic mass is 19.1. The molecule has 0 amide bonds. The molecule has 2 atom stereocenters. The zero-order chi connectivity index (χ0) is 13.9. The zero-order valence-electron chi connectivity index (χ0n) is 11.5. The first-order valence-electron chi connectivity index (χ1n) is 6.33. The quantitative estimate of drug-likeness (QED) is 0.877. The average molecular weight is 256 g/mol. The van der Waals surface area contributed by atoms with Crippen LogP contribution in [0.5, 0.6) is 0 Å². The molecular weight excluding hydrogens is 234 g/mol. The second-order valence-corrected chi connectivity index (χ2v) is 4.96. The Morgan fingerprint density at radius 2 is 1.72 bits per heavy atom. The number of rotatable bonds is 5. The van der Waals surface area contributed by atoms with Crippen LogP contribution in [-0.4, -0.2) is 19.1 Å². The van der Waals surface area contributed by atoms with Crippen molar-refractivity contribution >= 4 is 5.69 Å². The van der Waals surface area contributed by atoms with E-state index in [-0.39, 0.29) is 17.8 Å². The fourth-order valence-electron chi connectivity index (χ4n) is 1.94. The molecule has 1 aromatic rings. The Hall–Kier alpha value is -1.16. The maximum Gasteiger partial charge on any atom is 0.149 e. The van der Waals surface area contributed by atoms with Crippen molar-refractivity contribution in [3.63, 3.8) is 0 Å². The molecule has 4 heteroatoms. The van der Waals surface area contributed by atoms with Gasteiger partial charge in [-0.3, -0.25) is 0 Å². The molecule has 1 rings (SSSR count). The fourth-order valence-corrected chi connectivity index (χ4v) is 1.94. The maximum atomic E-state index is 14.0. The number of benzene rings is 1. The SMILES string of the molecule is CCC(C)N(C)c1c(F)cc(CC(C)N)cc1F. The Kier molecular flexibility index (Phi) is 5.08. The van der Waals surface area contributed by atoms with Crippen LogP contribution in [0, 0.1) is 11.6 Å².